The van der Waals surface area contributed by atoms with E-state index in [1.807, 2.05) is 31.2 Å². The standard InChI is InChI=1S/C26H23NO4.C15H10N2O4.3C10H12.C5H6/c1-11-2-7-16(27-25(30)20-14-5-6-15(9-14)21(20)26(27)31)10-17(11)22-23(28)18-12-3-4-13(8-12)19(18)24(22)29;1-9-2-3-10(16-12(18)4-5-13(16)19)8-11(9)17-14(20)6-7-15(17)21;3*1-3-9-5-7-10(4-2)8-6-9;1-2-4-5-3-1/h2-7,10,12-15,18-22H,8-9H2,1H3;2-8H,1H3;3*3,5-8H,1,4H2,2H3;1-4H,5H2. The van der Waals surface area contributed by atoms with Crippen LogP contribution in [0.4, 0.5) is 17.1 Å². The first-order valence-electron chi connectivity index (χ1n) is 30.1. The summed E-state index contributed by atoms with van der Waals surface area (Å²) in [5.74, 6) is -3.05. The highest BCUT2D eigenvalue weighted by Crippen LogP contribution is 2.57. The van der Waals surface area contributed by atoms with Gasteiger partial charge < -0.3 is 0 Å². The van der Waals surface area contributed by atoms with Crippen LogP contribution >= 0.6 is 0 Å². The van der Waals surface area contributed by atoms with Crippen LogP contribution in [0.25, 0.3) is 18.2 Å². The minimum absolute atomic E-state index is 0.0188. The Morgan fingerprint density at radius 3 is 1.14 bits per heavy atom. The Hall–Kier alpha value is -9.48. The summed E-state index contributed by atoms with van der Waals surface area (Å²) in [6.45, 7) is 21.2. The van der Waals surface area contributed by atoms with E-state index in [0.717, 1.165) is 53.9 Å². The van der Waals surface area contributed by atoms with Gasteiger partial charge in [0.05, 0.1) is 28.9 Å². The molecule has 0 aromatic heterocycles. The van der Waals surface area contributed by atoms with Crippen molar-refractivity contribution in [2.75, 3.05) is 14.7 Å². The molecule has 5 aromatic carbocycles. The molecule has 3 saturated carbocycles. The molecule has 0 radical (unpaired) electrons. The van der Waals surface area contributed by atoms with E-state index >= 15 is 0 Å². The van der Waals surface area contributed by atoms with Crippen LogP contribution in [-0.2, 0) is 57.6 Å². The predicted molar refractivity (Wildman–Crippen MR) is 347 cm³/mol. The fraction of sp³-hybridized carbons (Fsp3) is 0.263. The molecule has 8 atom stereocenters. The van der Waals surface area contributed by atoms with Crippen LogP contribution in [0.5, 0.6) is 0 Å². The lowest BCUT2D eigenvalue weighted by Gasteiger charge is -2.21. The summed E-state index contributed by atoms with van der Waals surface area (Å²) < 4.78 is 0. The van der Waals surface area contributed by atoms with E-state index in [9.17, 15) is 38.4 Å². The van der Waals surface area contributed by atoms with Gasteiger partial charge >= 0.3 is 0 Å². The maximum absolute atomic E-state index is 13.3. The van der Waals surface area contributed by atoms with Crippen LogP contribution in [-0.4, -0.2) is 47.0 Å². The monoisotopic (exact) mass is 1160 g/mol. The smallest absolute Gasteiger partial charge is 0.258 e. The molecule has 11 nitrogen and oxygen atoms in total. The Bertz CT molecular complexity index is 3500. The molecule has 11 heteroatoms. The number of hydrogen-bond donors (Lipinski definition) is 0. The second-order valence-electron chi connectivity index (χ2n) is 22.9. The van der Waals surface area contributed by atoms with E-state index in [4.69, 9.17) is 0 Å². The molecule has 442 valence electrons. The van der Waals surface area contributed by atoms with Gasteiger partial charge in [-0.15, -0.1) is 0 Å². The van der Waals surface area contributed by atoms with Crippen molar-refractivity contribution >= 4 is 82.3 Å². The molecule has 9 aliphatic rings. The molecule has 6 aliphatic carbocycles. The minimum Gasteiger partial charge on any atom is -0.298 e. The van der Waals surface area contributed by atoms with Crippen molar-refractivity contribution in [3.05, 3.63) is 252 Å². The topological polar surface area (TPSA) is 146 Å². The van der Waals surface area contributed by atoms with Gasteiger partial charge in [0.2, 0.25) is 11.8 Å². The van der Waals surface area contributed by atoms with E-state index in [-0.39, 0.29) is 70.7 Å². The first kappa shape index (κ1) is 62.1. The van der Waals surface area contributed by atoms with Gasteiger partial charge in [-0.3, -0.25) is 43.3 Å². The van der Waals surface area contributed by atoms with Gasteiger partial charge in [-0.25, -0.2) is 9.80 Å². The number of benzene rings is 5. The zero-order valence-corrected chi connectivity index (χ0v) is 50.2. The molecule has 6 amide bonds. The zero-order chi connectivity index (χ0) is 62.1. The number of carbonyl (C=O) groups excluding carboxylic acids is 8. The highest BCUT2D eigenvalue weighted by atomic mass is 16.2. The number of Topliss-reactive ketones (excluding diaryl/α,β-unsaturated/α-hetero) is 2. The number of fused-ring (bicyclic) bond motifs is 10. The van der Waals surface area contributed by atoms with Crippen LogP contribution in [0.3, 0.4) is 0 Å². The van der Waals surface area contributed by atoms with Crippen molar-refractivity contribution in [1.82, 2.24) is 0 Å². The molecule has 5 aromatic rings. The molecule has 14 rings (SSSR count). The molecular formula is C76H75N3O8. The van der Waals surface area contributed by atoms with Gasteiger partial charge in [0.15, 0.2) is 11.6 Å². The molecule has 0 N–H and O–H groups in total. The number of amides is 6. The van der Waals surface area contributed by atoms with Gasteiger partial charge in [-0.05, 0) is 150 Å². The Labute approximate surface area is 511 Å². The quantitative estimate of drug-likeness (QED) is 0.0763. The minimum atomic E-state index is -0.773. The predicted octanol–water partition coefficient (Wildman–Crippen LogP) is 14.0. The van der Waals surface area contributed by atoms with Crippen LogP contribution < -0.4 is 14.7 Å². The molecule has 4 fully saturated rings. The Balaban J connectivity index is 0.000000139. The normalized spacial score (nSPS) is 24.0. The summed E-state index contributed by atoms with van der Waals surface area (Å²) >= 11 is 0. The number of anilines is 3. The van der Waals surface area contributed by atoms with E-state index in [1.165, 1.54) is 68.7 Å². The number of carbonyl (C=O) groups is 8. The average Bonchev–Trinajstić information content (AvgIpc) is 1.60. The summed E-state index contributed by atoms with van der Waals surface area (Å²) in [6.07, 6.45) is 33.3. The molecular weight excluding hydrogens is 1080 g/mol. The molecule has 3 aliphatic heterocycles. The summed E-state index contributed by atoms with van der Waals surface area (Å²) in [6, 6.07) is 35.5. The lowest BCUT2D eigenvalue weighted by Crippen LogP contribution is -2.33. The van der Waals surface area contributed by atoms with E-state index < -0.39 is 29.5 Å². The first-order valence-corrected chi connectivity index (χ1v) is 30.1. The number of nitrogens with zero attached hydrogens (tertiary/aromatic N) is 3. The first-order chi connectivity index (χ1) is 42.0. The van der Waals surface area contributed by atoms with Crippen molar-refractivity contribution in [3.63, 3.8) is 0 Å². The molecule has 1 saturated heterocycles. The number of imide groups is 3. The van der Waals surface area contributed by atoms with Crippen LogP contribution in [0.15, 0.2) is 202 Å². The SMILES string of the molecule is C1=CCC=C1.C=Cc1ccc(CC)cc1.C=Cc1ccc(CC)cc1.C=Cc1ccc(CC)cc1.Cc1ccc(N2C(=O)C3C4C=CC(C4)C3C2=O)cc1C1C(=O)C2C3C=CC(C3)C2C1=O.Cc1ccc(N2C(=O)C=CC2=O)cc1N1C(=O)C=CC1=O. The zero-order valence-electron chi connectivity index (χ0n) is 50.2. The van der Waals surface area contributed by atoms with Gasteiger partial charge in [0.1, 0.15) is 5.92 Å². The van der Waals surface area contributed by atoms with Crippen molar-refractivity contribution in [1.29, 1.82) is 0 Å². The lowest BCUT2D eigenvalue weighted by atomic mass is 9.85. The van der Waals surface area contributed by atoms with Gasteiger partial charge in [0.25, 0.3) is 23.6 Å². The molecule has 0 spiro atoms. The summed E-state index contributed by atoms with van der Waals surface area (Å²) in [7, 11) is 0. The highest BCUT2D eigenvalue weighted by molar-refractivity contribution is 6.30. The Morgan fingerprint density at radius 2 is 0.782 bits per heavy atom. The van der Waals surface area contributed by atoms with Crippen molar-refractivity contribution in [2.24, 2.45) is 47.3 Å². The van der Waals surface area contributed by atoms with Crippen molar-refractivity contribution < 1.29 is 38.4 Å². The number of hydrogen-bond acceptors (Lipinski definition) is 8. The van der Waals surface area contributed by atoms with Crippen molar-refractivity contribution in [3.8, 4) is 0 Å². The highest BCUT2D eigenvalue weighted by Gasteiger charge is 2.61. The third-order valence-electron chi connectivity index (χ3n) is 17.8. The molecule has 87 heavy (non-hydrogen) atoms. The van der Waals surface area contributed by atoms with E-state index in [1.54, 1.807) is 31.2 Å². The Morgan fingerprint density at radius 1 is 0.425 bits per heavy atom. The number of allylic oxidation sites excluding steroid dienone is 8. The van der Waals surface area contributed by atoms with Gasteiger partial charge in [-0.1, -0.05) is 192 Å². The fourth-order valence-corrected chi connectivity index (χ4v) is 13.0. The lowest BCUT2D eigenvalue weighted by molar-refractivity contribution is -0.126. The largest absolute Gasteiger partial charge is 0.298 e. The van der Waals surface area contributed by atoms with Crippen LogP contribution in [0.2, 0.25) is 0 Å². The molecule has 4 bridgehead atoms. The van der Waals surface area contributed by atoms with Gasteiger partial charge in [0, 0.05) is 36.1 Å². The molecule has 3 heterocycles. The van der Waals surface area contributed by atoms with Crippen LogP contribution in [0, 0.1) is 61.2 Å². The maximum Gasteiger partial charge on any atom is 0.258 e. The summed E-state index contributed by atoms with van der Waals surface area (Å²) in [5, 5.41) is 0. The number of aryl methyl sites for hydroxylation is 5. The number of ketones is 2. The summed E-state index contributed by atoms with van der Waals surface area (Å²) in [4.78, 5) is 103. The van der Waals surface area contributed by atoms with Crippen molar-refractivity contribution in [2.45, 2.75) is 79.1 Å². The van der Waals surface area contributed by atoms with E-state index in [0.29, 0.717) is 28.2 Å². The third-order valence-corrected chi connectivity index (χ3v) is 17.8. The third kappa shape index (κ3) is 13.2. The van der Waals surface area contributed by atoms with Gasteiger partial charge in [-0.2, -0.15) is 0 Å². The van der Waals surface area contributed by atoms with Crippen LogP contribution in [0.1, 0.15) is 96.0 Å². The Kier molecular flexibility index (Phi) is 19.8. The average molecular weight is 1160 g/mol. The second kappa shape index (κ2) is 27.7. The number of rotatable bonds is 10. The fourth-order valence-electron chi connectivity index (χ4n) is 13.0. The maximum atomic E-state index is 13.3. The van der Waals surface area contributed by atoms with E-state index in [2.05, 4.69) is 162 Å². The summed E-state index contributed by atoms with van der Waals surface area (Å²) in [5.41, 5.74) is 11.1. The molecule has 8 unspecified atom stereocenters. The second-order valence-corrected chi connectivity index (χ2v) is 22.9.